The van der Waals surface area contributed by atoms with Gasteiger partial charge in [-0.3, -0.25) is 0 Å². The SMILES string of the molecule is Cc1ccc(-c2cc(F)c(C)cc2C#N)cc1. The van der Waals surface area contributed by atoms with Crippen LogP contribution in [0.5, 0.6) is 0 Å². The molecule has 0 unspecified atom stereocenters. The highest BCUT2D eigenvalue weighted by Gasteiger charge is 2.08. The van der Waals surface area contributed by atoms with Crippen molar-refractivity contribution in [3.63, 3.8) is 0 Å². The molecule has 1 nitrogen and oxygen atoms in total. The Balaban J connectivity index is 2.63. The molecule has 0 aliphatic rings. The van der Waals surface area contributed by atoms with Crippen LogP contribution < -0.4 is 0 Å². The minimum atomic E-state index is -0.278. The molecule has 84 valence electrons. The summed E-state index contributed by atoms with van der Waals surface area (Å²) in [5, 5.41) is 9.08. The van der Waals surface area contributed by atoms with Crippen LogP contribution in [0.4, 0.5) is 4.39 Å². The van der Waals surface area contributed by atoms with E-state index in [-0.39, 0.29) is 5.82 Å². The number of aryl methyl sites for hydroxylation is 2. The van der Waals surface area contributed by atoms with Gasteiger partial charge in [0.15, 0.2) is 0 Å². The van der Waals surface area contributed by atoms with Crippen molar-refractivity contribution in [1.82, 2.24) is 0 Å². The highest BCUT2D eigenvalue weighted by atomic mass is 19.1. The van der Waals surface area contributed by atoms with Gasteiger partial charge in [-0.2, -0.15) is 5.26 Å². The van der Waals surface area contributed by atoms with Gasteiger partial charge in [0.2, 0.25) is 0 Å². The lowest BCUT2D eigenvalue weighted by molar-refractivity contribution is 0.619. The molecule has 17 heavy (non-hydrogen) atoms. The van der Waals surface area contributed by atoms with E-state index >= 15 is 0 Å². The maximum absolute atomic E-state index is 13.6. The van der Waals surface area contributed by atoms with Gasteiger partial charge in [-0.1, -0.05) is 29.8 Å². The Kier molecular flexibility index (Phi) is 2.93. The number of hydrogen-bond donors (Lipinski definition) is 0. The molecule has 0 atom stereocenters. The summed E-state index contributed by atoms with van der Waals surface area (Å²) in [4.78, 5) is 0. The van der Waals surface area contributed by atoms with Crippen molar-refractivity contribution in [2.24, 2.45) is 0 Å². The lowest BCUT2D eigenvalue weighted by atomic mass is 9.97. The maximum atomic E-state index is 13.6. The molecule has 0 saturated carbocycles. The molecule has 2 aromatic carbocycles. The zero-order chi connectivity index (χ0) is 12.4. The van der Waals surface area contributed by atoms with Crippen LogP contribution in [0.25, 0.3) is 11.1 Å². The average Bonchev–Trinajstić information content (AvgIpc) is 2.33. The molecule has 2 aromatic rings. The standard InChI is InChI=1S/C15H12FN/c1-10-3-5-12(6-4-10)14-8-15(16)11(2)7-13(14)9-17/h3-8H,1-2H3. The van der Waals surface area contributed by atoms with Crippen molar-refractivity contribution in [3.05, 3.63) is 58.9 Å². The molecule has 0 fully saturated rings. The summed E-state index contributed by atoms with van der Waals surface area (Å²) in [5.41, 5.74) is 3.66. The molecule has 0 amide bonds. The van der Waals surface area contributed by atoms with Crippen LogP contribution in [0.1, 0.15) is 16.7 Å². The third-order valence-corrected chi connectivity index (χ3v) is 2.78. The predicted molar refractivity (Wildman–Crippen MR) is 66.0 cm³/mol. The summed E-state index contributed by atoms with van der Waals surface area (Å²) < 4.78 is 13.6. The Bertz CT molecular complexity index is 592. The van der Waals surface area contributed by atoms with E-state index in [1.165, 1.54) is 6.07 Å². The molecular weight excluding hydrogens is 213 g/mol. The molecule has 0 N–H and O–H groups in total. The molecule has 0 heterocycles. The molecule has 2 rings (SSSR count). The zero-order valence-corrected chi connectivity index (χ0v) is 9.79. The first-order chi connectivity index (χ1) is 8.11. The summed E-state index contributed by atoms with van der Waals surface area (Å²) in [5.74, 6) is -0.278. The highest BCUT2D eigenvalue weighted by molar-refractivity contribution is 5.71. The number of rotatable bonds is 1. The molecule has 0 aliphatic heterocycles. The van der Waals surface area contributed by atoms with Crippen LogP contribution in [0.2, 0.25) is 0 Å². The first kappa shape index (κ1) is 11.3. The monoisotopic (exact) mass is 225 g/mol. The first-order valence-corrected chi connectivity index (χ1v) is 5.39. The van der Waals surface area contributed by atoms with E-state index in [0.29, 0.717) is 16.7 Å². The highest BCUT2D eigenvalue weighted by Crippen LogP contribution is 2.26. The van der Waals surface area contributed by atoms with Gasteiger partial charge in [0.05, 0.1) is 11.6 Å². The second-order valence-electron chi connectivity index (χ2n) is 4.12. The van der Waals surface area contributed by atoms with Crippen LogP contribution >= 0.6 is 0 Å². The second kappa shape index (κ2) is 4.39. The molecule has 2 heteroatoms. The first-order valence-electron chi connectivity index (χ1n) is 5.39. The van der Waals surface area contributed by atoms with Crippen molar-refractivity contribution in [2.75, 3.05) is 0 Å². The van der Waals surface area contributed by atoms with Gasteiger partial charge < -0.3 is 0 Å². The van der Waals surface area contributed by atoms with Crippen molar-refractivity contribution in [1.29, 1.82) is 5.26 Å². The normalized spacial score (nSPS) is 10.0. The lowest BCUT2D eigenvalue weighted by Gasteiger charge is -2.07. The van der Waals surface area contributed by atoms with E-state index in [0.717, 1.165) is 11.1 Å². The molecule has 0 spiro atoms. The third-order valence-electron chi connectivity index (χ3n) is 2.78. The van der Waals surface area contributed by atoms with Crippen LogP contribution in [-0.4, -0.2) is 0 Å². The van der Waals surface area contributed by atoms with E-state index in [4.69, 9.17) is 5.26 Å². The summed E-state index contributed by atoms with van der Waals surface area (Å²) >= 11 is 0. The quantitative estimate of drug-likeness (QED) is 0.720. The summed E-state index contributed by atoms with van der Waals surface area (Å²) in [7, 11) is 0. The lowest BCUT2D eigenvalue weighted by Crippen LogP contribution is -1.90. The summed E-state index contributed by atoms with van der Waals surface area (Å²) in [6, 6.07) is 12.8. The second-order valence-corrected chi connectivity index (χ2v) is 4.12. The van der Waals surface area contributed by atoms with Gasteiger partial charge in [-0.15, -0.1) is 0 Å². The zero-order valence-electron chi connectivity index (χ0n) is 9.79. The van der Waals surface area contributed by atoms with E-state index < -0.39 is 0 Å². The number of nitrogens with zero attached hydrogens (tertiary/aromatic N) is 1. The largest absolute Gasteiger partial charge is 0.207 e. The predicted octanol–water partition coefficient (Wildman–Crippen LogP) is 3.98. The fraction of sp³-hybridized carbons (Fsp3) is 0.133. The van der Waals surface area contributed by atoms with Gasteiger partial charge in [0.1, 0.15) is 5.82 Å². The van der Waals surface area contributed by atoms with Crippen molar-refractivity contribution >= 4 is 0 Å². The smallest absolute Gasteiger partial charge is 0.126 e. The van der Waals surface area contributed by atoms with Crippen LogP contribution in [0.3, 0.4) is 0 Å². The van der Waals surface area contributed by atoms with E-state index in [1.54, 1.807) is 13.0 Å². The van der Waals surface area contributed by atoms with Gasteiger partial charge in [0.25, 0.3) is 0 Å². The molecule has 0 aliphatic carbocycles. The molecular formula is C15H12FN. The van der Waals surface area contributed by atoms with E-state index in [9.17, 15) is 4.39 Å². The van der Waals surface area contributed by atoms with Gasteiger partial charge in [-0.05, 0) is 37.1 Å². The van der Waals surface area contributed by atoms with Crippen LogP contribution in [0.15, 0.2) is 36.4 Å². The van der Waals surface area contributed by atoms with Crippen LogP contribution in [0, 0.1) is 31.0 Å². The number of benzene rings is 2. The molecule has 0 bridgehead atoms. The molecule has 0 aromatic heterocycles. The summed E-state index contributed by atoms with van der Waals surface area (Å²) in [6.07, 6.45) is 0. The third kappa shape index (κ3) is 2.19. The number of halogens is 1. The number of hydrogen-bond acceptors (Lipinski definition) is 1. The van der Waals surface area contributed by atoms with E-state index in [2.05, 4.69) is 6.07 Å². The van der Waals surface area contributed by atoms with Gasteiger partial charge >= 0.3 is 0 Å². The fourth-order valence-electron chi connectivity index (χ4n) is 1.75. The van der Waals surface area contributed by atoms with Crippen molar-refractivity contribution < 1.29 is 4.39 Å². The Labute approximate surface area is 100 Å². The molecule has 0 saturated heterocycles. The average molecular weight is 225 g/mol. The maximum Gasteiger partial charge on any atom is 0.126 e. The van der Waals surface area contributed by atoms with Crippen LogP contribution in [-0.2, 0) is 0 Å². The topological polar surface area (TPSA) is 23.8 Å². The number of nitriles is 1. The van der Waals surface area contributed by atoms with Gasteiger partial charge in [0, 0.05) is 5.56 Å². The summed E-state index contributed by atoms with van der Waals surface area (Å²) in [6.45, 7) is 3.65. The van der Waals surface area contributed by atoms with E-state index in [1.807, 2.05) is 31.2 Å². The molecule has 0 radical (unpaired) electrons. The van der Waals surface area contributed by atoms with Crippen molar-refractivity contribution in [3.8, 4) is 17.2 Å². The Morgan fingerprint density at radius 3 is 2.29 bits per heavy atom. The fourth-order valence-corrected chi connectivity index (χ4v) is 1.75. The van der Waals surface area contributed by atoms with Gasteiger partial charge in [-0.25, -0.2) is 4.39 Å². The minimum absolute atomic E-state index is 0.278. The Morgan fingerprint density at radius 2 is 1.71 bits per heavy atom. The van der Waals surface area contributed by atoms with Crippen molar-refractivity contribution in [2.45, 2.75) is 13.8 Å². The Hall–Kier alpha value is -2.14. The minimum Gasteiger partial charge on any atom is -0.207 e. The Morgan fingerprint density at radius 1 is 1.06 bits per heavy atom.